The number of nitrogens with one attached hydrogen (secondary N) is 1. The first-order chi connectivity index (χ1) is 11.5. The van der Waals surface area contributed by atoms with E-state index in [1.807, 2.05) is 67.5 Å². The summed E-state index contributed by atoms with van der Waals surface area (Å²) in [6.45, 7) is 2.24. The highest BCUT2D eigenvalue weighted by molar-refractivity contribution is 7.99. The number of nitrogens with zero attached hydrogens (tertiary/aromatic N) is 1. The number of benzene rings is 2. The van der Waals surface area contributed by atoms with Crippen LogP contribution in [0, 0.1) is 0 Å². The van der Waals surface area contributed by atoms with Gasteiger partial charge in [0.2, 0.25) is 0 Å². The molecule has 2 N–H and O–H groups in total. The predicted molar refractivity (Wildman–Crippen MR) is 101 cm³/mol. The van der Waals surface area contributed by atoms with E-state index in [0.717, 1.165) is 21.9 Å². The minimum atomic E-state index is -0.726. The molecular weight excluding hydrogens is 320 g/mol. The Kier molecular flexibility index (Phi) is 6.70. The van der Waals surface area contributed by atoms with E-state index in [1.54, 1.807) is 11.8 Å². The summed E-state index contributed by atoms with van der Waals surface area (Å²) in [5.41, 5.74) is 2.51. The minimum absolute atomic E-state index is 0.157. The zero-order valence-corrected chi connectivity index (χ0v) is 15.1. The van der Waals surface area contributed by atoms with Crippen molar-refractivity contribution in [1.29, 1.82) is 0 Å². The molecule has 0 aliphatic rings. The van der Waals surface area contributed by atoms with E-state index in [-0.39, 0.29) is 12.5 Å². The molecule has 1 atom stereocenters. The topological polar surface area (TPSA) is 52.6 Å². The molecule has 0 saturated heterocycles. The zero-order valence-electron chi connectivity index (χ0n) is 14.3. The first-order valence-electron chi connectivity index (χ1n) is 7.98. The first kappa shape index (κ1) is 18.4. The van der Waals surface area contributed by atoms with Crippen LogP contribution in [0.25, 0.3) is 0 Å². The first-order valence-corrected chi connectivity index (χ1v) is 8.97. The van der Waals surface area contributed by atoms with Crippen LogP contribution in [-0.2, 0) is 0 Å². The number of aliphatic hydroxyl groups excluding tert-OH is 1. The number of amides is 1. The molecule has 0 bridgehead atoms. The number of aliphatic hydroxyl groups is 1. The summed E-state index contributed by atoms with van der Waals surface area (Å²) in [4.78, 5) is 15.3. The number of carbonyl (C=O) groups excluding carboxylic acids is 1. The summed E-state index contributed by atoms with van der Waals surface area (Å²) in [5, 5.41) is 13.1. The fraction of sp³-hybridized carbons (Fsp3) is 0.316. The molecule has 5 heteroatoms. The summed E-state index contributed by atoms with van der Waals surface area (Å²) in [7, 11) is 3.94. The number of anilines is 1. The summed E-state index contributed by atoms with van der Waals surface area (Å²) >= 11 is 1.64. The lowest BCUT2D eigenvalue weighted by molar-refractivity contribution is 0.0913. The van der Waals surface area contributed by atoms with Crippen molar-refractivity contribution in [1.82, 2.24) is 5.32 Å². The number of hydrogen-bond acceptors (Lipinski definition) is 4. The maximum absolute atomic E-state index is 12.4. The number of carbonyl (C=O) groups is 1. The van der Waals surface area contributed by atoms with E-state index >= 15 is 0 Å². The Labute approximate surface area is 147 Å². The smallest absolute Gasteiger partial charge is 0.252 e. The van der Waals surface area contributed by atoms with E-state index in [9.17, 15) is 9.90 Å². The molecule has 0 aliphatic heterocycles. The average Bonchev–Trinajstić information content (AvgIpc) is 2.60. The van der Waals surface area contributed by atoms with Gasteiger partial charge in [0.25, 0.3) is 5.91 Å². The Hall–Kier alpha value is -1.98. The second-order valence-corrected chi connectivity index (χ2v) is 6.95. The monoisotopic (exact) mass is 344 g/mol. The van der Waals surface area contributed by atoms with Gasteiger partial charge in [-0.1, -0.05) is 31.2 Å². The Morgan fingerprint density at radius 3 is 2.46 bits per heavy atom. The number of rotatable bonds is 7. The van der Waals surface area contributed by atoms with Crippen molar-refractivity contribution in [3.63, 3.8) is 0 Å². The van der Waals surface area contributed by atoms with Crippen molar-refractivity contribution in [2.75, 3.05) is 31.3 Å². The van der Waals surface area contributed by atoms with Gasteiger partial charge in [0.15, 0.2) is 0 Å². The van der Waals surface area contributed by atoms with Crippen LogP contribution in [-0.4, -0.2) is 37.4 Å². The van der Waals surface area contributed by atoms with Crippen LogP contribution < -0.4 is 10.2 Å². The van der Waals surface area contributed by atoms with E-state index in [1.165, 1.54) is 0 Å². The molecule has 128 valence electrons. The lowest BCUT2D eigenvalue weighted by atomic mass is 10.1. The van der Waals surface area contributed by atoms with Gasteiger partial charge in [0.1, 0.15) is 0 Å². The van der Waals surface area contributed by atoms with Gasteiger partial charge in [-0.2, -0.15) is 0 Å². The van der Waals surface area contributed by atoms with Gasteiger partial charge in [-0.15, -0.1) is 11.8 Å². The van der Waals surface area contributed by atoms with Crippen molar-refractivity contribution < 1.29 is 9.90 Å². The van der Waals surface area contributed by atoms with Crippen LogP contribution in [0.2, 0.25) is 0 Å². The van der Waals surface area contributed by atoms with Gasteiger partial charge < -0.3 is 15.3 Å². The fourth-order valence-corrected chi connectivity index (χ4v) is 3.13. The Balaban J connectivity index is 1.98. The Morgan fingerprint density at radius 2 is 1.83 bits per heavy atom. The minimum Gasteiger partial charge on any atom is -0.387 e. The Bertz CT molecular complexity index is 671. The van der Waals surface area contributed by atoms with E-state index < -0.39 is 6.10 Å². The van der Waals surface area contributed by atoms with Crippen molar-refractivity contribution in [3.05, 3.63) is 59.7 Å². The second-order valence-electron chi connectivity index (χ2n) is 5.64. The fourth-order valence-electron chi connectivity index (χ4n) is 2.33. The highest BCUT2D eigenvalue weighted by atomic mass is 32.2. The quantitative estimate of drug-likeness (QED) is 0.757. The van der Waals surface area contributed by atoms with Crippen molar-refractivity contribution in [3.8, 4) is 0 Å². The molecule has 2 rings (SSSR count). The molecule has 1 amide bonds. The molecule has 4 nitrogen and oxygen atoms in total. The van der Waals surface area contributed by atoms with Crippen molar-refractivity contribution in [2.45, 2.75) is 17.9 Å². The summed E-state index contributed by atoms with van der Waals surface area (Å²) < 4.78 is 0. The van der Waals surface area contributed by atoms with Crippen molar-refractivity contribution >= 4 is 23.4 Å². The van der Waals surface area contributed by atoms with Gasteiger partial charge in [-0.05, 0) is 35.6 Å². The van der Waals surface area contributed by atoms with Gasteiger partial charge in [-0.3, -0.25) is 4.79 Å². The standard InChI is InChI=1S/C19H24N2O2S/c1-4-24-18-8-6-5-7-16(18)19(23)20-13-17(22)14-9-11-15(12-10-14)21(2)3/h5-12,17,22H,4,13H2,1-3H3,(H,20,23)/t17-/m1/s1. The van der Waals surface area contributed by atoms with Crippen LogP contribution in [0.15, 0.2) is 53.4 Å². The van der Waals surface area contributed by atoms with E-state index in [4.69, 9.17) is 0 Å². The number of hydrogen-bond donors (Lipinski definition) is 2. The Morgan fingerprint density at radius 1 is 1.17 bits per heavy atom. The molecule has 0 aliphatic carbocycles. The lowest BCUT2D eigenvalue weighted by Gasteiger charge is -2.16. The average molecular weight is 344 g/mol. The molecule has 0 spiro atoms. The van der Waals surface area contributed by atoms with E-state index in [2.05, 4.69) is 12.2 Å². The molecular formula is C19H24N2O2S. The molecule has 2 aromatic rings. The highest BCUT2D eigenvalue weighted by Gasteiger charge is 2.13. The maximum Gasteiger partial charge on any atom is 0.252 e. The van der Waals surface area contributed by atoms with Crippen molar-refractivity contribution in [2.24, 2.45) is 0 Å². The largest absolute Gasteiger partial charge is 0.387 e. The zero-order chi connectivity index (χ0) is 17.5. The third-order valence-corrected chi connectivity index (χ3v) is 4.64. The van der Waals surface area contributed by atoms with Crippen LogP contribution in [0.5, 0.6) is 0 Å². The SMILES string of the molecule is CCSc1ccccc1C(=O)NC[C@@H](O)c1ccc(N(C)C)cc1. The summed E-state index contributed by atoms with van der Waals surface area (Å²) in [6.07, 6.45) is -0.726. The summed E-state index contributed by atoms with van der Waals surface area (Å²) in [5.74, 6) is 0.751. The van der Waals surface area contributed by atoms with Gasteiger partial charge in [0, 0.05) is 31.2 Å². The van der Waals surface area contributed by atoms with Gasteiger partial charge >= 0.3 is 0 Å². The molecule has 0 aromatic heterocycles. The van der Waals surface area contributed by atoms with Crippen LogP contribution in [0.4, 0.5) is 5.69 Å². The van der Waals surface area contributed by atoms with Crippen LogP contribution >= 0.6 is 11.8 Å². The third-order valence-electron chi connectivity index (χ3n) is 3.68. The summed E-state index contributed by atoms with van der Waals surface area (Å²) in [6, 6.07) is 15.2. The lowest BCUT2D eigenvalue weighted by Crippen LogP contribution is -2.28. The predicted octanol–water partition coefficient (Wildman–Crippen LogP) is 3.33. The third kappa shape index (κ3) is 4.76. The van der Waals surface area contributed by atoms with Crippen LogP contribution in [0.3, 0.4) is 0 Å². The molecule has 24 heavy (non-hydrogen) atoms. The van der Waals surface area contributed by atoms with Gasteiger partial charge in [0.05, 0.1) is 11.7 Å². The van der Waals surface area contributed by atoms with Gasteiger partial charge in [-0.25, -0.2) is 0 Å². The number of thioether (sulfide) groups is 1. The second kappa shape index (κ2) is 8.76. The molecule has 0 heterocycles. The van der Waals surface area contributed by atoms with E-state index in [0.29, 0.717) is 5.56 Å². The normalized spacial score (nSPS) is 11.8. The van der Waals surface area contributed by atoms with Crippen LogP contribution in [0.1, 0.15) is 28.9 Å². The molecule has 0 fully saturated rings. The highest BCUT2D eigenvalue weighted by Crippen LogP contribution is 2.22. The molecule has 0 unspecified atom stereocenters. The molecule has 0 saturated carbocycles. The molecule has 2 aromatic carbocycles. The molecule has 0 radical (unpaired) electrons. The maximum atomic E-state index is 12.4.